The Morgan fingerprint density at radius 3 is 2.65 bits per heavy atom. The quantitative estimate of drug-likeness (QED) is 0.876. The number of rotatable bonds is 6. The SMILES string of the molecule is CC(C)CN1CCC(NC(=O)[C@@H](C)Oc2cccc(F)c2)CC1. The van der Waals surface area contributed by atoms with Crippen LogP contribution >= 0.6 is 0 Å². The average Bonchev–Trinajstić information content (AvgIpc) is 2.48. The predicted molar refractivity (Wildman–Crippen MR) is 88.9 cm³/mol. The molecule has 5 heteroatoms. The first-order chi connectivity index (χ1) is 10.9. The molecule has 0 aromatic heterocycles. The molecule has 1 N–H and O–H groups in total. The van der Waals surface area contributed by atoms with Gasteiger partial charge in [0.15, 0.2) is 6.10 Å². The Bertz CT molecular complexity index is 513. The molecule has 1 aliphatic rings. The minimum Gasteiger partial charge on any atom is -0.481 e. The first kappa shape index (κ1) is 17.7. The van der Waals surface area contributed by atoms with E-state index in [9.17, 15) is 9.18 Å². The van der Waals surface area contributed by atoms with E-state index >= 15 is 0 Å². The van der Waals surface area contributed by atoms with Gasteiger partial charge in [-0.1, -0.05) is 19.9 Å². The largest absolute Gasteiger partial charge is 0.481 e. The third-order valence-corrected chi connectivity index (χ3v) is 4.04. The van der Waals surface area contributed by atoms with Crippen molar-refractivity contribution in [3.63, 3.8) is 0 Å². The summed E-state index contributed by atoms with van der Waals surface area (Å²) in [4.78, 5) is 14.7. The van der Waals surface area contributed by atoms with Crippen LogP contribution in [0, 0.1) is 11.7 Å². The maximum atomic E-state index is 13.1. The van der Waals surface area contributed by atoms with Crippen molar-refractivity contribution >= 4 is 5.91 Å². The fourth-order valence-corrected chi connectivity index (χ4v) is 2.89. The number of hydrogen-bond donors (Lipinski definition) is 1. The topological polar surface area (TPSA) is 41.6 Å². The number of benzene rings is 1. The monoisotopic (exact) mass is 322 g/mol. The molecule has 1 heterocycles. The first-order valence-electron chi connectivity index (χ1n) is 8.39. The molecule has 128 valence electrons. The van der Waals surface area contributed by atoms with E-state index in [1.54, 1.807) is 19.1 Å². The van der Waals surface area contributed by atoms with Crippen LogP contribution in [-0.4, -0.2) is 42.6 Å². The molecule has 1 atom stereocenters. The van der Waals surface area contributed by atoms with Crippen LogP contribution in [-0.2, 0) is 4.79 Å². The van der Waals surface area contributed by atoms with Gasteiger partial charge in [0, 0.05) is 31.7 Å². The van der Waals surface area contributed by atoms with Gasteiger partial charge in [0.1, 0.15) is 11.6 Å². The lowest BCUT2D eigenvalue weighted by Gasteiger charge is -2.33. The van der Waals surface area contributed by atoms with E-state index in [2.05, 4.69) is 24.1 Å². The second-order valence-electron chi connectivity index (χ2n) is 6.69. The lowest BCUT2D eigenvalue weighted by Crippen LogP contribution is -2.48. The minimum atomic E-state index is -0.634. The molecule has 1 amide bonds. The summed E-state index contributed by atoms with van der Waals surface area (Å²) in [5, 5.41) is 3.04. The number of carbonyl (C=O) groups is 1. The van der Waals surface area contributed by atoms with Gasteiger partial charge in [-0.15, -0.1) is 0 Å². The number of halogens is 1. The van der Waals surface area contributed by atoms with Crippen LogP contribution in [0.4, 0.5) is 4.39 Å². The number of piperidine rings is 1. The number of carbonyl (C=O) groups excluding carboxylic acids is 1. The van der Waals surface area contributed by atoms with Crippen molar-refractivity contribution < 1.29 is 13.9 Å². The highest BCUT2D eigenvalue weighted by Gasteiger charge is 2.23. The summed E-state index contributed by atoms with van der Waals surface area (Å²) in [5.41, 5.74) is 0. The lowest BCUT2D eigenvalue weighted by molar-refractivity contribution is -0.128. The Balaban J connectivity index is 1.76. The Morgan fingerprint density at radius 1 is 1.35 bits per heavy atom. The molecule has 1 aromatic rings. The molecule has 0 unspecified atom stereocenters. The molecule has 23 heavy (non-hydrogen) atoms. The van der Waals surface area contributed by atoms with Gasteiger partial charge in [0.05, 0.1) is 0 Å². The van der Waals surface area contributed by atoms with Gasteiger partial charge < -0.3 is 15.0 Å². The van der Waals surface area contributed by atoms with Crippen LogP contribution < -0.4 is 10.1 Å². The Morgan fingerprint density at radius 2 is 2.04 bits per heavy atom. The van der Waals surface area contributed by atoms with Crippen LogP contribution in [0.15, 0.2) is 24.3 Å². The Labute approximate surface area is 138 Å². The van der Waals surface area contributed by atoms with Crippen molar-refractivity contribution in [1.82, 2.24) is 10.2 Å². The van der Waals surface area contributed by atoms with Gasteiger partial charge in [-0.05, 0) is 37.8 Å². The second kappa shape index (κ2) is 8.29. The maximum Gasteiger partial charge on any atom is 0.260 e. The van der Waals surface area contributed by atoms with Crippen molar-refractivity contribution in [3.8, 4) is 5.75 Å². The van der Waals surface area contributed by atoms with Crippen LogP contribution in [0.3, 0.4) is 0 Å². The molecule has 0 bridgehead atoms. The van der Waals surface area contributed by atoms with Gasteiger partial charge in [-0.2, -0.15) is 0 Å². The molecule has 1 fully saturated rings. The zero-order chi connectivity index (χ0) is 16.8. The molecular formula is C18H27FN2O2. The zero-order valence-electron chi connectivity index (χ0n) is 14.2. The highest BCUT2D eigenvalue weighted by atomic mass is 19.1. The first-order valence-corrected chi connectivity index (χ1v) is 8.39. The normalized spacial score (nSPS) is 18.0. The van der Waals surface area contributed by atoms with E-state index in [0.717, 1.165) is 32.5 Å². The van der Waals surface area contributed by atoms with Crippen LogP contribution in [0.2, 0.25) is 0 Å². The standard InChI is InChI=1S/C18H27FN2O2/c1-13(2)12-21-9-7-16(8-10-21)20-18(22)14(3)23-17-6-4-5-15(19)11-17/h4-6,11,13-14,16H,7-10,12H2,1-3H3,(H,20,22)/t14-/m1/s1. The summed E-state index contributed by atoms with van der Waals surface area (Å²) in [7, 11) is 0. The minimum absolute atomic E-state index is 0.142. The van der Waals surface area contributed by atoms with E-state index in [4.69, 9.17) is 4.74 Å². The molecule has 2 rings (SSSR count). The fraction of sp³-hybridized carbons (Fsp3) is 0.611. The van der Waals surface area contributed by atoms with Crippen LogP contribution in [0.25, 0.3) is 0 Å². The summed E-state index contributed by atoms with van der Waals surface area (Å²) in [5.74, 6) is 0.532. The maximum absolute atomic E-state index is 13.1. The lowest BCUT2D eigenvalue weighted by atomic mass is 10.0. The molecule has 1 aromatic carbocycles. The molecule has 1 aliphatic heterocycles. The van der Waals surface area contributed by atoms with Crippen LogP contribution in [0.5, 0.6) is 5.75 Å². The van der Waals surface area contributed by atoms with Crippen molar-refractivity contribution in [3.05, 3.63) is 30.1 Å². The van der Waals surface area contributed by atoms with E-state index < -0.39 is 6.10 Å². The molecule has 4 nitrogen and oxygen atoms in total. The molecule has 0 spiro atoms. The predicted octanol–water partition coefficient (Wildman–Crippen LogP) is 2.83. The zero-order valence-corrected chi connectivity index (χ0v) is 14.2. The van der Waals surface area contributed by atoms with E-state index in [0.29, 0.717) is 11.7 Å². The molecule has 0 saturated carbocycles. The number of likely N-dealkylation sites (tertiary alicyclic amines) is 1. The summed E-state index contributed by atoms with van der Waals surface area (Å²) in [6.07, 6.45) is 1.29. The van der Waals surface area contributed by atoms with Gasteiger partial charge in [-0.3, -0.25) is 4.79 Å². The third-order valence-electron chi connectivity index (χ3n) is 4.04. The Hall–Kier alpha value is -1.62. The summed E-state index contributed by atoms with van der Waals surface area (Å²) < 4.78 is 18.6. The second-order valence-corrected chi connectivity index (χ2v) is 6.69. The summed E-state index contributed by atoms with van der Waals surface area (Å²) >= 11 is 0. The highest BCUT2D eigenvalue weighted by molar-refractivity contribution is 5.81. The van der Waals surface area contributed by atoms with Crippen LogP contribution in [0.1, 0.15) is 33.6 Å². The van der Waals surface area contributed by atoms with Crippen molar-refractivity contribution in [2.45, 2.75) is 45.8 Å². The summed E-state index contributed by atoms with van der Waals surface area (Å²) in [6.45, 7) is 9.27. The van der Waals surface area contributed by atoms with E-state index in [-0.39, 0.29) is 17.8 Å². The summed E-state index contributed by atoms with van der Waals surface area (Å²) in [6, 6.07) is 6.05. The Kier molecular flexibility index (Phi) is 6.39. The number of amides is 1. The number of nitrogens with zero attached hydrogens (tertiary/aromatic N) is 1. The van der Waals surface area contributed by atoms with Gasteiger partial charge in [0.2, 0.25) is 0 Å². The number of ether oxygens (including phenoxy) is 1. The van der Waals surface area contributed by atoms with Gasteiger partial charge >= 0.3 is 0 Å². The van der Waals surface area contributed by atoms with Crippen molar-refractivity contribution in [2.75, 3.05) is 19.6 Å². The smallest absolute Gasteiger partial charge is 0.260 e. The van der Waals surface area contributed by atoms with Gasteiger partial charge in [0.25, 0.3) is 5.91 Å². The number of nitrogens with one attached hydrogen (secondary N) is 1. The fourth-order valence-electron chi connectivity index (χ4n) is 2.89. The number of hydrogen-bond acceptors (Lipinski definition) is 3. The molecule has 0 aliphatic carbocycles. The molecule has 1 saturated heterocycles. The molecular weight excluding hydrogens is 295 g/mol. The molecule has 0 radical (unpaired) electrons. The van der Waals surface area contributed by atoms with Gasteiger partial charge in [-0.25, -0.2) is 4.39 Å². The van der Waals surface area contributed by atoms with Crippen molar-refractivity contribution in [2.24, 2.45) is 5.92 Å². The van der Waals surface area contributed by atoms with E-state index in [1.165, 1.54) is 12.1 Å². The average molecular weight is 322 g/mol. The highest BCUT2D eigenvalue weighted by Crippen LogP contribution is 2.15. The van der Waals surface area contributed by atoms with Crippen molar-refractivity contribution in [1.29, 1.82) is 0 Å². The van der Waals surface area contributed by atoms with E-state index in [1.807, 2.05) is 0 Å². The third kappa shape index (κ3) is 5.82.